The molecule has 0 spiro atoms. The molecular formula is C19H25N3O2. The lowest BCUT2D eigenvalue weighted by atomic mass is 9.80. The molecule has 24 heavy (non-hydrogen) atoms. The molecule has 1 amide bonds. The third-order valence-electron chi connectivity index (χ3n) is 4.79. The molecule has 0 saturated heterocycles. The van der Waals surface area contributed by atoms with Crippen molar-refractivity contribution < 1.29 is 9.53 Å². The van der Waals surface area contributed by atoms with Gasteiger partial charge >= 0.3 is 0 Å². The van der Waals surface area contributed by atoms with E-state index in [-0.39, 0.29) is 5.91 Å². The minimum absolute atomic E-state index is 0.0883. The van der Waals surface area contributed by atoms with Crippen molar-refractivity contribution >= 4 is 5.91 Å². The first-order chi connectivity index (χ1) is 11.8. The van der Waals surface area contributed by atoms with E-state index in [0.717, 1.165) is 31.2 Å². The first-order valence-corrected chi connectivity index (χ1v) is 8.76. The molecule has 0 radical (unpaired) electrons. The monoisotopic (exact) mass is 327 g/mol. The summed E-state index contributed by atoms with van der Waals surface area (Å²) in [6.07, 6.45) is 9.06. The van der Waals surface area contributed by atoms with Crippen LogP contribution in [-0.4, -0.2) is 29.0 Å². The summed E-state index contributed by atoms with van der Waals surface area (Å²) in [6.45, 7) is 1.54. The first-order valence-electron chi connectivity index (χ1n) is 8.76. The SMILES string of the molecule is O=C(NCC1CCC(CCOc2ccccc2)CC1)c1c[nH]cn1. The van der Waals surface area contributed by atoms with Gasteiger partial charge in [-0.05, 0) is 56.1 Å². The standard InChI is InChI=1S/C19H25N3O2/c23-19(18-13-20-14-22-18)21-12-16-8-6-15(7-9-16)10-11-24-17-4-2-1-3-5-17/h1-5,13-16H,6-12H2,(H,20,22)(H,21,23). The number of carbonyl (C=O) groups excluding carboxylic acids is 1. The van der Waals surface area contributed by atoms with E-state index in [1.807, 2.05) is 30.3 Å². The van der Waals surface area contributed by atoms with Crippen molar-refractivity contribution in [1.29, 1.82) is 0 Å². The number of imidazole rings is 1. The Morgan fingerprint density at radius 2 is 1.92 bits per heavy atom. The lowest BCUT2D eigenvalue weighted by Gasteiger charge is -2.28. The van der Waals surface area contributed by atoms with Crippen LogP contribution < -0.4 is 10.1 Å². The van der Waals surface area contributed by atoms with Gasteiger partial charge in [0.05, 0.1) is 12.9 Å². The minimum atomic E-state index is -0.0883. The molecule has 0 atom stereocenters. The van der Waals surface area contributed by atoms with E-state index in [1.54, 1.807) is 6.20 Å². The molecule has 0 unspecified atom stereocenters. The maximum absolute atomic E-state index is 11.9. The number of nitrogens with zero attached hydrogens (tertiary/aromatic N) is 1. The van der Waals surface area contributed by atoms with Crippen LogP contribution in [0.2, 0.25) is 0 Å². The molecule has 2 N–H and O–H groups in total. The lowest BCUT2D eigenvalue weighted by molar-refractivity contribution is 0.0936. The third-order valence-corrected chi connectivity index (χ3v) is 4.79. The van der Waals surface area contributed by atoms with Gasteiger partial charge in [0.2, 0.25) is 0 Å². The molecule has 1 aromatic carbocycles. The number of rotatable bonds is 7. The van der Waals surface area contributed by atoms with E-state index in [4.69, 9.17) is 4.74 Å². The van der Waals surface area contributed by atoms with Gasteiger partial charge in [-0.1, -0.05) is 18.2 Å². The van der Waals surface area contributed by atoms with Gasteiger partial charge in [-0.25, -0.2) is 4.98 Å². The number of nitrogens with one attached hydrogen (secondary N) is 2. The van der Waals surface area contributed by atoms with Gasteiger partial charge in [0.25, 0.3) is 5.91 Å². The summed E-state index contributed by atoms with van der Waals surface area (Å²) < 4.78 is 5.79. The predicted octanol–water partition coefficient (Wildman–Crippen LogP) is 3.42. The molecule has 3 rings (SSSR count). The zero-order valence-corrected chi connectivity index (χ0v) is 13.9. The van der Waals surface area contributed by atoms with Gasteiger partial charge in [0.1, 0.15) is 11.4 Å². The minimum Gasteiger partial charge on any atom is -0.494 e. The Hall–Kier alpha value is -2.30. The average Bonchev–Trinajstić information content (AvgIpc) is 3.16. The summed E-state index contributed by atoms with van der Waals surface area (Å²) in [5.74, 6) is 2.19. The fourth-order valence-electron chi connectivity index (χ4n) is 3.30. The van der Waals surface area contributed by atoms with Crippen molar-refractivity contribution in [3.05, 3.63) is 48.5 Å². The number of para-hydroxylation sites is 1. The third kappa shape index (κ3) is 4.85. The van der Waals surface area contributed by atoms with Gasteiger partial charge in [-0.15, -0.1) is 0 Å². The van der Waals surface area contributed by atoms with Gasteiger partial charge in [-0.3, -0.25) is 4.79 Å². The van der Waals surface area contributed by atoms with E-state index < -0.39 is 0 Å². The van der Waals surface area contributed by atoms with Crippen LogP contribution in [0.3, 0.4) is 0 Å². The largest absolute Gasteiger partial charge is 0.494 e. The van der Waals surface area contributed by atoms with Crippen molar-refractivity contribution in [2.75, 3.05) is 13.2 Å². The van der Waals surface area contributed by atoms with Crippen LogP contribution in [0.5, 0.6) is 5.75 Å². The first kappa shape index (κ1) is 16.6. The Bertz CT molecular complexity index is 605. The normalized spacial score (nSPS) is 20.5. The van der Waals surface area contributed by atoms with Crippen LogP contribution in [0.1, 0.15) is 42.6 Å². The average molecular weight is 327 g/mol. The van der Waals surface area contributed by atoms with Crippen molar-refractivity contribution in [1.82, 2.24) is 15.3 Å². The maximum atomic E-state index is 11.9. The number of amides is 1. The van der Waals surface area contributed by atoms with Crippen molar-refractivity contribution in [2.24, 2.45) is 11.8 Å². The van der Waals surface area contributed by atoms with Crippen LogP contribution in [-0.2, 0) is 0 Å². The molecule has 0 aliphatic heterocycles. The lowest BCUT2D eigenvalue weighted by Crippen LogP contribution is -2.31. The van der Waals surface area contributed by atoms with E-state index in [9.17, 15) is 4.79 Å². The summed E-state index contributed by atoms with van der Waals surface area (Å²) in [6, 6.07) is 9.99. The number of aromatic nitrogens is 2. The van der Waals surface area contributed by atoms with Gasteiger partial charge < -0.3 is 15.0 Å². The summed E-state index contributed by atoms with van der Waals surface area (Å²) in [5, 5.41) is 2.99. The number of H-pyrrole nitrogens is 1. The van der Waals surface area contributed by atoms with Crippen molar-refractivity contribution in [3.63, 3.8) is 0 Å². The molecule has 5 nitrogen and oxygen atoms in total. The Labute approximate surface area is 142 Å². The Morgan fingerprint density at radius 1 is 1.17 bits per heavy atom. The molecule has 0 bridgehead atoms. The Morgan fingerprint density at radius 3 is 2.62 bits per heavy atom. The topological polar surface area (TPSA) is 67.0 Å². The number of benzene rings is 1. The molecule has 1 aromatic heterocycles. The van der Waals surface area contributed by atoms with Crippen LogP contribution >= 0.6 is 0 Å². The van der Waals surface area contributed by atoms with Crippen LogP contribution in [0, 0.1) is 11.8 Å². The second-order valence-electron chi connectivity index (χ2n) is 6.50. The molecule has 1 fully saturated rings. The zero-order chi connectivity index (χ0) is 16.6. The maximum Gasteiger partial charge on any atom is 0.271 e. The number of hydrogen-bond acceptors (Lipinski definition) is 3. The molecule has 128 valence electrons. The van der Waals surface area contributed by atoms with E-state index >= 15 is 0 Å². The molecular weight excluding hydrogens is 302 g/mol. The Kier molecular flexibility index (Phi) is 5.88. The quantitative estimate of drug-likeness (QED) is 0.819. The predicted molar refractivity (Wildman–Crippen MR) is 92.9 cm³/mol. The summed E-state index contributed by atoms with van der Waals surface area (Å²) in [7, 11) is 0. The van der Waals surface area contributed by atoms with E-state index in [0.29, 0.717) is 11.6 Å². The van der Waals surface area contributed by atoms with E-state index in [2.05, 4.69) is 15.3 Å². The van der Waals surface area contributed by atoms with Gasteiger partial charge in [-0.2, -0.15) is 0 Å². The molecule has 1 aliphatic rings. The summed E-state index contributed by atoms with van der Waals surface area (Å²) in [5.41, 5.74) is 0.460. The molecule has 2 aromatic rings. The second-order valence-corrected chi connectivity index (χ2v) is 6.50. The zero-order valence-electron chi connectivity index (χ0n) is 13.9. The fraction of sp³-hybridized carbons (Fsp3) is 0.474. The fourth-order valence-corrected chi connectivity index (χ4v) is 3.30. The highest BCUT2D eigenvalue weighted by Crippen LogP contribution is 2.30. The van der Waals surface area contributed by atoms with Gasteiger partial charge in [0.15, 0.2) is 0 Å². The number of ether oxygens (including phenoxy) is 1. The molecule has 5 heteroatoms. The van der Waals surface area contributed by atoms with Crippen LogP contribution in [0.25, 0.3) is 0 Å². The number of hydrogen-bond donors (Lipinski definition) is 2. The van der Waals surface area contributed by atoms with Crippen LogP contribution in [0.15, 0.2) is 42.9 Å². The smallest absolute Gasteiger partial charge is 0.271 e. The highest BCUT2D eigenvalue weighted by atomic mass is 16.5. The van der Waals surface area contributed by atoms with Crippen molar-refractivity contribution in [2.45, 2.75) is 32.1 Å². The Balaban J connectivity index is 1.30. The highest BCUT2D eigenvalue weighted by molar-refractivity contribution is 5.91. The highest BCUT2D eigenvalue weighted by Gasteiger charge is 2.21. The summed E-state index contributed by atoms with van der Waals surface area (Å²) in [4.78, 5) is 18.6. The molecule has 1 saturated carbocycles. The van der Waals surface area contributed by atoms with Crippen LogP contribution in [0.4, 0.5) is 0 Å². The van der Waals surface area contributed by atoms with Crippen molar-refractivity contribution in [3.8, 4) is 5.75 Å². The molecule has 1 heterocycles. The van der Waals surface area contributed by atoms with E-state index in [1.165, 1.54) is 32.0 Å². The van der Waals surface area contributed by atoms with Gasteiger partial charge in [0, 0.05) is 12.7 Å². The second kappa shape index (κ2) is 8.52. The number of aromatic amines is 1. The molecule has 1 aliphatic carbocycles. The number of carbonyl (C=O) groups is 1. The summed E-state index contributed by atoms with van der Waals surface area (Å²) >= 11 is 0.